The summed E-state index contributed by atoms with van der Waals surface area (Å²) >= 11 is 7.44. The number of ether oxygens (including phenoxy) is 1. The van der Waals surface area contributed by atoms with Crippen molar-refractivity contribution in [2.45, 2.75) is 9.79 Å². The third kappa shape index (κ3) is 3.28. The molecule has 2 rings (SSSR count). The summed E-state index contributed by atoms with van der Waals surface area (Å²) in [6.45, 7) is 0. The Kier molecular flexibility index (Phi) is 4.28. The predicted molar refractivity (Wildman–Crippen MR) is 73.4 cm³/mol. The average molecular weight is 279 g/mol. The van der Waals surface area contributed by atoms with Gasteiger partial charge in [-0.1, -0.05) is 23.4 Å². The molecule has 0 saturated heterocycles. The average Bonchev–Trinajstić information content (AvgIpc) is 2.41. The van der Waals surface area contributed by atoms with E-state index < -0.39 is 0 Å². The number of carbonyl (C=O) groups excluding carboxylic acids is 1. The smallest absolute Gasteiger partial charge is 0.337 e. The lowest BCUT2D eigenvalue weighted by molar-refractivity contribution is 0.0600. The molecular formula is C14H11ClO2S. The van der Waals surface area contributed by atoms with Gasteiger partial charge in [-0.3, -0.25) is 0 Å². The van der Waals surface area contributed by atoms with Crippen LogP contribution in [0.1, 0.15) is 10.4 Å². The van der Waals surface area contributed by atoms with E-state index in [2.05, 4.69) is 4.74 Å². The summed E-state index contributed by atoms with van der Waals surface area (Å²) in [5.74, 6) is -0.321. The van der Waals surface area contributed by atoms with E-state index in [-0.39, 0.29) is 5.97 Å². The van der Waals surface area contributed by atoms with Crippen LogP contribution >= 0.6 is 23.4 Å². The summed E-state index contributed by atoms with van der Waals surface area (Å²) in [6, 6.07) is 14.9. The molecule has 92 valence electrons. The SMILES string of the molecule is COC(=O)c1ccc(Sc2ccc(Cl)cc2)cc1. The van der Waals surface area contributed by atoms with Crippen molar-refractivity contribution < 1.29 is 9.53 Å². The molecule has 0 spiro atoms. The van der Waals surface area contributed by atoms with Crippen LogP contribution < -0.4 is 0 Å². The number of esters is 1. The summed E-state index contributed by atoms with van der Waals surface area (Å²) < 4.78 is 4.65. The van der Waals surface area contributed by atoms with Gasteiger partial charge in [0.05, 0.1) is 12.7 Å². The summed E-state index contributed by atoms with van der Waals surface area (Å²) in [5, 5.41) is 0.723. The highest BCUT2D eigenvalue weighted by molar-refractivity contribution is 7.99. The van der Waals surface area contributed by atoms with Gasteiger partial charge < -0.3 is 4.74 Å². The zero-order valence-corrected chi connectivity index (χ0v) is 11.3. The Labute approximate surface area is 115 Å². The van der Waals surface area contributed by atoms with Crippen LogP contribution in [0.15, 0.2) is 58.3 Å². The highest BCUT2D eigenvalue weighted by atomic mass is 35.5. The van der Waals surface area contributed by atoms with Crippen LogP contribution in [0.4, 0.5) is 0 Å². The van der Waals surface area contributed by atoms with Crippen LogP contribution in [-0.4, -0.2) is 13.1 Å². The number of hydrogen-bond donors (Lipinski definition) is 0. The number of benzene rings is 2. The van der Waals surface area contributed by atoms with Gasteiger partial charge in [0.15, 0.2) is 0 Å². The fourth-order valence-electron chi connectivity index (χ4n) is 1.42. The van der Waals surface area contributed by atoms with Gasteiger partial charge in [0.1, 0.15) is 0 Å². The molecular weight excluding hydrogens is 268 g/mol. The fraction of sp³-hybridized carbons (Fsp3) is 0.0714. The van der Waals surface area contributed by atoms with E-state index in [1.54, 1.807) is 23.9 Å². The van der Waals surface area contributed by atoms with Gasteiger partial charge in [0, 0.05) is 14.8 Å². The molecule has 0 atom stereocenters. The molecule has 0 amide bonds. The van der Waals surface area contributed by atoms with Crippen molar-refractivity contribution in [1.82, 2.24) is 0 Å². The number of rotatable bonds is 3. The number of methoxy groups -OCH3 is 1. The molecule has 4 heteroatoms. The van der Waals surface area contributed by atoms with Crippen molar-refractivity contribution >= 4 is 29.3 Å². The number of halogens is 1. The minimum Gasteiger partial charge on any atom is -0.465 e. The first-order valence-electron chi connectivity index (χ1n) is 5.31. The lowest BCUT2D eigenvalue weighted by Crippen LogP contribution is -2.00. The van der Waals surface area contributed by atoms with Crippen LogP contribution in [-0.2, 0) is 4.74 Å². The quantitative estimate of drug-likeness (QED) is 0.784. The molecule has 0 bridgehead atoms. The minimum atomic E-state index is -0.321. The Morgan fingerprint density at radius 2 is 1.50 bits per heavy atom. The second kappa shape index (κ2) is 5.94. The maximum Gasteiger partial charge on any atom is 0.337 e. The van der Waals surface area contributed by atoms with Crippen LogP contribution in [0.25, 0.3) is 0 Å². The molecule has 2 nitrogen and oxygen atoms in total. The molecule has 0 aliphatic rings. The summed E-state index contributed by atoms with van der Waals surface area (Å²) in [7, 11) is 1.37. The van der Waals surface area contributed by atoms with Crippen LogP contribution in [0, 0.1) is 0 Å². The van der Waals surface area contributed by atoms with Crippen molar-refractivity contribution in [1.29, 1.82) is 0 Å². The van der Waals surface area contributed by atoms with E-state index in [0.717, 1.165) is 14.8 Å². The Morgan fingerprint density at radius 1 is 1.00 bits per heavy atom. The van der Waals surface area contributed by atoms with E-state index in [1.807, 2.05) is 36.4 Å². The third-order valence-electron chi connectivity index (χ3n) is 2.32. The lowest BCUT2D eigenvalue weighted by Gasteiger charge is -2.03. The van der Waals surface area contributed by atoms with Crippen LogP contribution in [0.5, 0.6) is 0 Å². The third-order valence-corrected chi connectivity index (χ3v) is 3.59. The second-order valence-electron chi connectivity index (χ2n) is 3.57. The Balaban J connectivity index is 2.10. The Bertz CT molecular complexity index is 535. The van der Waals surface area contributed by atoms with Crippen molar-refractivity contribution in [3.05, 3.63) is 59.1 Å². The van der Waals surface area contributed by atoms with E-state index in [9.17, 15) is 4.79 Å². The maximum atomic E-state index is 11.3. The second-order valence-corrected chi connectivity index (χ2v) is 5.16. The van der Waals surface area contributed by atoms with Gasteiger partial charge in [-0.05, 0) is 48.5 Å². The lowest BCUT2D eigenvalue weighted by atomic mass is 10.2. The molecule has 0 aromatic heterocycles. The predicted octanol–water partition coefficient (Wildman–Crippen LogP) is 4.28. The highest BCUT2D eigenvalue weighted by Gasteiger charge is 2.04. The van der Waals surface area contributed by atoms with Gasteiger partial charge in [-0.2, -0.15) is 0 Å². The van der Waals surface area contributed by atoms with Gasteiger partial charge in [-0.15, -0.1) is 0 Å². The molecule has 2 aromatic carbocycles. The van der Waals surface area contributed by atoms with Crippen LogP contribution in [0.3, 0.4) is 0 Å². The molecule has 0 heterocycles. The first kappa shape index (κ1) is 13.0. The number of carbonyl (C=O) groups is 1. The first-order chi connectivity index (χ1) is 8.69. The largest absolute Gasteiger partial charge is 0.465 e. The van der Waals surface area contributed by atoms with Crippen molar-refractivity contribution in [2.75, 3.05) is 7.11 Å². The van der Waals surface area contributed by atoms with Crippen molar-refractivity contribution in [2.24, 2.45) is 0 Å². The van der Waals surface area contributed by atoms with E-state index in [4.69, 9.17) is 11.6 Å². The molecule has 18 heavy (non-hydrogen) atoms. The van der Waals surface area contributed by atoms with Gasteiger partial charge in [0.2, 0.25) is 0 Å². The van der Waals surface area contributed by atoms with E-state index >= 15 is 0 Å². The normalized spacial score (nSPS) is 10.1. The van der Waals surface area contributed by atoms with Gasteiger partial charge in [0.25, 0.3) is 0 Å². The van der Waals surface area contributed by atoms with Crippen molar-refractivity contribution in [3.8, 4) is 0 Å². The molecule has 0 unspecified atom stereocenters. The molecule has 2 aromatic rings. The molecule has 0 aliphatic carbocycles. The van der Waals surface area contributed by atoms with Gasteiger partial charge >= 0.3 is 5.97 Å². The zero-order valence-electron chi connectivity index (χ0n) is 9.72. The zero-order chi connectivity index (χ0) is 13.0. The summed E-state index contributed by atoms with van der Waals surface area (Å²) in [6.07, 6.45) is 0. The molecule has 0 radical (unpaired) electrons. The van der Waals surface area contributed by atoms with E-state index in [1.165, 1.54) is 7.11 Å². The molecule has 0 fully saturated rings. The highest BCUT2D eigenvalue weighted by Crippen LogP contribution is 2.28. The Morgan fingerprint density at radius 3 is 2.00 bits per heavy atom. The molecule has 0 saturated carbocycles. The summed E-state index contributed by atoms with van der Waals surface area (Å²) in [5.41, 5.74) is 0.554. The standard InChI is InChI=1S/C14H11ClO2S/c1-17-14(16)10-2-6-12(7-3-10)18-13-8-4-11(15)5-9-13/h2-9H,1H3. The fourth-order valence-corrected chi connectivity index (χ4v) is 2.36. The monoisotopic (exact) mass is 278 g/mol. The van der Waals surface area contributed by atoms with Gasteiger partial charge in [-0.25, -0.2) is 4.79 Å². The Hall–Kier alpha value is -1.45. The van der Waals surface area contributed by atoms with Crippen LogP contribution in [0.2, 0.25) is 5.02 Å². The molecule has 0 aliphatic heterocycles. The summed E-state index contributed by atoms with van der Waals surface area (Å²) in [4.78, 5) is 13.4. The first-order valence-corrected chi connectivity index (χ1v) is 6.50. The molecule has 0 N–H and O–H groups in total. The topological polar surface area (TPSA) is 26.3 Å². The number of hydrogen-bond acceptors (Lipinski definition) is 3. The van der Waals surface area contributed by atoms with E-state index in [0.29, 0.717) is 5.56 Å². The minimum absolute atomic E-state index is 0.321. The van der Waals surface area contributed by atoms with Crippen molar-refractivity contribution in [3.63, 3.8) is 0 Å². The maximum absolute atomic E-state index is 11.3.